The zero-order valence-electron chi connectivity index (χ0n) is 11.5. The molecule has 6 heteroatoms. The van der Waals surface area contributed by atoms with Gasteiger partial charge < -0.3 is 15.7 Å². The van der Waals surface area contributed by atoms with Crippen LogP contribution in [-0.2, 0) is 0 Å². The number of benzene rings is 1. The Balaban J connectivity index is 3.01. The lowest BCUT2D eigenvalue weighted by Crippen LogP contribution is -2.29. The van der Waals surface area contributed by atoms with Crippen LogP contribution in [0.2, 0.25) is 0 Å². The van der Waals surface area contributed by atoms with Crippen LogP contribution in [0.25, 0.3) is 0 Å². The Labute approximate surface area is 113 Å². The summed E-state index contributed by atoms with van der Waals surface area (Å²) in [4.78, 5) is 10.5. The third-order valence-electron chi connectivity index (χ3n) is 2.86. The van der Waals surface area contributed by atoms with E-state index in [1.54, 1.807) is 0 Å². The van der Waals surface area contributed by atoms with Crippen LogP contribution in [0.1, 0.15) is 20.8 Å². The van der Waals surface area contributed by atoms with E-state index >= 15 is 0 Å². The van der Waals surface area contributed by atoms with Gasteiger partial charge in [0.1, 0.15) is 0 Å². The van der Waals surface area contributed by atoms with E-state index in [1.165, 1.54) is 12.1 Å². The molecular formula is C13H21N3O3. The number of non-ortho nitro benzene ring substituents is 1. The van der Waals surface area contributed by atoms with E-state index in [0.717, 1.165) is 0 Å². The Morgan fingerprint density at radius 1 is 1.32 bits per heavy atom. The largest absolute Gasteiger partial charge is 0.394 e. The summed E-state index contributed by atoms with van der Waals surface area (Å²) in [5.74, 6) is 0.229. The lowest BCUT2D eigenvalue weighted by molar-refractivity contribution is -0.384. The molecule has 0 aliphatic heterocycles. The first kappa shape index (κ1) is 15.2. The first-order valence-corrected chi connectivity index (χ1v) is 6.38. The molecule has 0 radical (unpaired) electrons. The van der Waals surface area contributed by atoms with Gasteiger partial charge in [-0.25, -0.2) is 0 Å². The van der Waals surface area contributed by atoms with E-state index in [2.05, 4.69) is 10.6 Å². The summed E-state index contributed by atoms with van der Waals surface area (Å²) in [6.45, 7) is 6.56. The van der Waals surface area contributed by atoms with Crippen LogP contribution in [0, 0.1) is 16.0 Å². The van der Waals surface area contributed by atoms with Gasteiger partial charge in [0.05, 0.1) is 17.6 Å². The minimum Gasteiger partial charge on any atom is -0.394 e. The van der Waals surface area contributed by atoms with Crippen LogP contribution in [0.3, 0.4) is 0 Å². The van der Waals surface area contributed by atoms with Gasteiger partial charge in [-0.2, -0.15) is 0 Å². The number of aliphatic hydroxyl groups is 1. The fourth-order valence-corrected chi connectivity index (χ4v) is 1.74. The van der Waals surface area contributed by atoms with Gasteiger partial charge in [0.15, 0.2) is 0 Å². The average molecular weight is 267 g/mol. The number of nitrogens with zero attached hydrogens (tertiary/aromatic N) is 1. The Kier molecular flexibility index (Phi) is 5.57. The Morgan fingerprint density at radius 3 is 2.42 bits per heavy atom. The van der Waals surface area contributed by atoms with Crippen LogP contribution in [0.4, 0.5) is 17.1 Å². The van der Waals surface area contributed by atoms with Crippen LogP contribution in [-0.4, -0.2) is 29.2 Å². The summed E-state index contributed by atoms with van der Waals surface area (Å²) in [6, 6.07) is 4.65. The number of nitrogens with one attached hydrogen (secondary N) is 2. The summed E-state index contributed by atoms with van der Waals surface area (Å²) < 4.78 is 0. The summed E-state index contributed by atoms with van der Waals surface area (Å²) in [5, 5.41) is 26.4. The highest BCUT2D eigenvalue weighted by molar-refractivity contribution is 5.63. The summed E-state index contributed by atoms with van der Waals surface area (Å²) >= 11 is 0. The second-order valence-electron chi connectivity index (χ2n) is 4.73. The molecule has 0 aliphatic carbocycles. The summed E-state index contributed by atoms with van der Waals surface area (Å²) in [5.41, 5.74) is 1.36. The third kappa shape index (κ3) is 4.40. The first-order chi connectivity index (χ1) is 8.97. The maximum Gasteiger partial charge on any atom is 0.273 e. The van der Waals surface area contributed by atoms with Gasteiger partial charge in [-0.3, -0.25) is 10.1 Å². The van der Waals surface area contributed by atoms with E-state index in [9.17, 15) is 15.2 Å². The van der Waals surface area contributed by atoms with Crippen molar-refractivity contribution in [1.29, 1.82) is 0 Å². The molecule has 0 saturated carbocycles. The van der Waals surface area contributed by atoms with E-state index in [1.807, 2.05) is 26.8 Å². The smallest absolute Gasteiger partial charge is 0.273 e. The highest BCUT2D eigenvalue weighted by Gasteiger charge is 2.15. The van der Waals surface area contributed by atoms with Crippen molar-refractivity contribution < 1.29 is 10.0 Å². The normalized spacial score (nSPS) is 12.3. The molecule has 6 nitrogen and oxygen atoms in total. The van der Waals surface area contributed by atoms with Gasteiger partial charge in [-0.05, 0) is 18.9 Å². The van der Waals surface area contributed by atoms with Crippen molar-refractivity contribution >= 4 is 17.1 Å². The molecule has 1 aromatic rings. The van der Waals surface area contributed by atoms with E-state index in [4.69, 9.17) is 0 Å². The number of hydrogen-bond donors (Lipinski definition) is 3. The zero-order valence-corrected chi connectivity index (χ0v) is 11.5. The number of anilines is 2. The molecule has 1 aromatic carbocycles. The SMILES string of the molecule is CCNc1cc(NC(CO)C(C)C)cc([N+](=O)[O-])c1. The molecule has 0 bridgehead atoms. The Hall–Kier alpha value is -1.82. The fourth-order valence-electron chi connectivity index (χ4n) is 1.74. The van der Waals surface area contributed by atoms with Gasteiger partial charge >= 0.3 is 0 Å². The molecule has 0 amide bonds. The molecule has 106 valence electrons. The highest BCUT2D eigenvalue weighted by Crippen LogP contribution is 2.25. The zero-order chi connectivity index (χ0) is 14.4. The molecule has 0 aromatic heterocycles. The van der Waals surface area contributed by atoms with Crippen molar-refractivity contribution in [2.75, 3.05) is 23.8 Å². The minimum absolute atomic E-state index is 0.0170. The topological polar surface area (TPSA) is 87.4 Å². The van der Waals surface area contributed by atoms with Crippen molar-refractivity contribution in [3.63, 3.8) is 0 Å². The standard InChI is InChI=1S/C13H21N3O3/c1-4-14-10-5-11(7-12(6-10)16(18)19)15-13(8-17)9(2)3/h5-7,9,13-15,17H,4,8H2,1-3H3. The predicted molar refractivity (Wildman–Crippen MR) is 76.6 cm³/mol. The number of hydrogen-bond acceptors (Lipinski definition) is 5. The number of nitro groups is 1. The van der Waals surface area contributed by atoms with Gasteiger partial charge in [0, 0.05) is 30.1 Å². The monoisotopic (exact) mass is 267 g/mol. The minimum atomic E-state index is -0.421. The van der Waals surface area contributed by atoms with Gasteiger partial charge in [0.25, 0.3) is 5.69 Å². The maximum absolute atomic E-state index is 10.9. The fraction of sp³-hybridized carbons (Fsp3) is 0.538. The van der Waals surface area contributed by atoms with E-state index < -0.39 is 4.92 Å². The van der Waals surface area contributed by atoms with Gasteiger partial charge in [-0.15, -0.1) is 0 Å². The van der Waals surface area contributed by atoms with Crippen molar-refractivity contribution in [3.05, 3.63) is 28.3 Å². The second-order valence-corrected chi connectivity index (χ2v) is 4.73. The van der Waals surface area contributed by atoms with Crippen molar-refractivity contribution in [1.82, 2.24) is 0 Å². The second kappa shape index (κ2) is 6.94. The molecule has 1 unspecified atom stereocenters. The van der Waals surface area contributed by atoms with Gasteiger partial charge in [0.2, 0.25) is 0 Å². The molecule has 1 atom stereocenters. The van der Waals surface area contributed by atoms with Crippen molar-refractivity contribution in [2.45, 2.75) is 26.8 Å². The van der Waals surface area contributed by atoms with Crippen molar-refractivity contribution in [2.24, 2.45) is 5.92 Å². The maximum atomic E-state index is 10.9. The lowest BCUT2D eigenvalue weighted by atomic mass is 10.0. The molecule has 0 fully saturated rings. The third-order valence-corrected chi connectivity index (χ3v) is 2.86. The molecule has 19 heavy (non-hydrogen) atoms. The molecule has 1 rings (SSSR count). The molecule has 3 N–H and O–H groups in total. The van der Waals surface area contributed by atoms with Crippen LogP contribution in [0.15, 0.2) is 18.2 Å². The van der Waals surface area contributed by atoms with Crippen LogP contribution < -0.4 is 10.6 Å². The van der Waals surface area contributed by atoms with Crippen LogP contribution >= 0.6 is 0 Å². The first-order valence-electron chi connectivity index (χ1n) is 6.38. The number of nitro benzene ring substituents is 1. The molecule has 0 aliphatic rings. The lowest BCUT2D eigenvalue weighted by Gasteiger charge is -2.21. The quantitative estimate of drug-likeness (QED) is 0.521. The average Bonchev–Trinajstić information content (AvgIpc) is 2.35. The Morgan fingerprint density at radius 2 is 1.95 bits per heavy atom. The molecule has 0 saturated heterocycles. The van der Waals surface area contributed by atoms with Gasteiger partial charge in [-0.1, -0.05) is 13.8 Å². The van der Waals surface area contributed by atoms with E-state index in [0.29, 0.717) is 17.9 Å². The highest BCUT2D eigenvalue weighted by atomic mass is 16.6. The number of aliphatic hydroxyl groups excluding tert-OH is 1. The van der Waals surface area contributed by atoms with Crippen LogP contribution in [0.5, 0.6) is 0 Å². The predicted octanol–water partition coefficient (Wildman–Crippen LogP) is 2.46. The molecule has 0 heterocycles. The molecule has 0 spiro atoms. The van der Waals surface area contributed by atoms with Crippen molar-refractivity contribution in [3.8, 4) is 0 Å². The molecular weight excluding hydrogens is 246 g/mol. The summed E-state index contributed by atoms with van der Waals surface area (Å²) in [6.07, 6.45) is 0. The Bertz CT molecular complexity index is 435. The number of rotatable bonds is 7. The summed E-state index contributed by atoms with van der Waals surface area (Å²) in [7, 11) is 0. The van der Waals surface area contributed by atoms with E-state index in [-0.39, 0.29) is 24.3 Å².